The van der Waals surface area contributed by atoms with Crippen molar-refractivity contribution in [2.75, 3.05) is 5.32 Å². The lowest BCUT2D eigenvalue weighted by Gasteiger charge is -2.15. The summed E-state index contributed by atoms with van der Waals surface area (Å²) in [6.45, 7) is 3.95. The molecular formula is C21H18Cl2N2O2. The van der Waals surface area contributed by atoms with Gasteiger partial charge in [-0.2, -0.15) is 0 Å². The summed E-state index contributed by atoms with van der Waals surface area (Å²) in [4.78, 5) is 17.3. The van der Waals surface area contributed by atoms with Gasteiger partial charge in [-0.25, -0.2) is 0 Å². The van der Waals surface area contributed by atoms with Gasteiger partial charge in [0, 0.05) is 16.8 Å². The normalized spacial score (nSPS) is 10.5. The Morgan fingerprint density at radius 3 is 2.48 bits per heavy atom. The minimum Gasteiger partial charge on any atom is -0.488 e. The number of amides is 1. The number of aryl methyl sites for hydroxylation is 2. The third-order valence-corrected chi connectivity index (χ3v) is 4.53. The predicted octanol–water partition coefficient (Wildman–Crippen LogP) is 5.84. The first-order valence-corrected chi connectivity index (χ1v) is 9.11. The summed E-state index contributed by atoms with van der Waals surface area (Å²) in [5.41, 5.74) is 3.23. The first-order valence-electron chi connectivity index (χ1n) is 8.35. The summed E-state index contributed by atoms with van der Waals surface area (Å²) in [5, 5.41) is 3.95. The van der Waals surface area contributed by atoms with Crippen molar-refractivity contribution in [3.63, 3.8) is 0 Å². The third kappa shape index (κ3) is 4.79. The molecule has 0 saturated heterocycles. The Balaban J connectivity index is 1.86. The average molecular weight is 401 g/mol. The molecule has 0 radical (unpaired) electrons. The van der Waals surface area contributed by atoms with Crippen molar-refractivity contribution in [1.29, 1.82) is 0 Å². The van der Waals surface area contributed by atoms with Crippen molar-refractivity contribution in [1.82, 2.24) is 4.98 Å². The van der Waals surface area contributed by atoms with Gasteiger partial charge in [0.1, 0.15) is 17.9 Å². The standard InChI is InChI=1S/C21H18Cl2N2O2/c1-13-11-19(27-12-15-7-9-16(22)10-8-15)20(14(2)24-13)21(26)25-18-6-4-3-5-17(18)23/h3-11H,12H2,1-2H3,(H,25,26). The highest BCUT2D eigenvalue weighted by Gasteiger charge is 2.19. The van der Waals surface area contributed by atoms with Crippen LogP contribution in [0, 0.1) is 13.8 Å². The molecule has 2 aromatic carbocycles. The van der Waals surface area contributed by atoms with Crippen LogP contribution in [0.25, 0.3) is 0 Å². The Morgan fingerprint density at radius 1 is 1.07 bits per heavy atom. The SMILES string of the molecule is Cc1cc(OCc2ccc(Cl)cc2)c(C(=O)Nc2ccccc2Cl)c(C)n1. The lowest BCUT2D eigenvalue weighted by Crippen LogP contribution is -2.16. The number of para-hydroxylation sites is 1. The molecular weight excluding hydrogens is 383 g/mol. The summed E-state index contributed by atoms with van der Waals surface area (Å²) in [7, 11) is 0. The van der Waals surface area contributed by atoms with E-state index in [-0.39, 0.29) is 5.91 Å². The minimum absolute atomic E-state index is 0.312. The molecule has 1 heterocycles. The van der Waals surface area contributed by atoms with Gasteiger partial charge in [-0.1, -0.05) is 47.5 Å². The summed E-state index contributed by atoms with van der Waals surface area (Å²) in [6.07, 6.45) is 0. The van der Waals surface area contributed by atoms with Gasteiger partial charge < -0.3 is 10.1 Å². The van der Waals surface area contributed by atoms with Gasteiger partial charge in [0.05, 0.1) is 16.4 Å². The number of anilines is 1. The van der Waals surface area contributed by atoms with E-state index in [0.29, 0.717) is 39.3 Å². The number of aromatic nitrogens is 1. The van der Waals surface area contributed by atoms with Gasteiger partial charge >= 0.3 is 0 Å². The number of pyridine rings is 1. The highest BCUT2D eigenvalue weighted by Crippen LogP contribution is 2.27. The molecule has 0 bridgehead atoms. The molecule has 0 aliphatic heterocycles. The molecule has 0 saturated carbocycles. The van der Waals surface area contributed by atoms with Crippen LogP contribution in [0.5, 0.6) is 5.75 Å². The minimum atomic E-state index is -0.320. The van der Waals surface area contributed by atoms with Crippen LogP contribution in [-0.2, 0) is 6.61 Å². The van der Waals surface area contributed by atoms with Crippen molar-refractivity contribution >= 4 is 34.8 Å². The number of nitrogens with one attached hydrogen (secondary N) is 1. The lowest BCUT2D eigenvalue weighted by molar-refractivity contribution is 0.102. The molecule has 0 fully saturated rings. The molecule has 3 aromatic rings. The van der Waals surface area contributed by atoms with E-state index in [0.717, 1.165) is 11.3 Å². The van der Waals surface area contributed by atoms with Gasteiger partial charge in [-0.05, 0) is 43.7 Å². The van der Waals surface area contributed by atoms with E-state index in [1.54, 1.807) is 49.4 Å². The fraction of sp³-hybridized carbons (Fsp3) is 0.143. The van der Waals surface area contributed by atoms with Gasteiger partial charge in [0.15, 0.2) is 0 Å². The van der Waals surface area contributed by atoms with Crippen molar-refractivity contribution in [2.45, 2.75) is 20.5 Å². The van der Waals surface area contributed by atoms with E-state index < -0.39 is 0 Å². The van der Waals surface area contributed by atoms with Crippen molar-refractivity contribution in [3.05, 3.63) is 87.2 Å². The summed E-state index contributed by atoms with van der Waals surface area (Å²) < 4.78 is 5.94. The molecule has 27 heavy (non-hydrogen) atoms. The molecule has 1 aromatic heterocycles. The number of rotatable bonds is 5. The Labute approximate surface area is 168 Å². The summed E-state index contributed by atoms with van der Waals surface area (Å²) in [5.74, 6) is 0.152. The van der Waals surface area contributed by atoms with Crippen LogP contribution in [0.15, 0.2) is 54.6 Å². The smallest absolute Gasteiger partial charge is 0.261 e. The topological polar surface area (TPSA) is 51.2 Å². The molecule has 0 aliphatic rings. The fourth-order valence-corrected chi connectivity index (χ4v) is 2.98. The van der Waals surface area contributed by atoms with Crippen LogP contribution in [0.1, 0.15) is 27.3 Å². The number of hydrogen-bond donors (Lipinski definition) is 1. The second kappa shape index (κ2) is 8.42. The zero-order valence-electron chi connectivity index (χ0n) is 14.9. The molecule has 1 N–H and O–H groups in total. The number of ether oxygens (including phenoxy) is 1. The molecule has 0 aliphatic carbocycles. The molecule has 1 amide bonds. The molecule has 0 unspecified atom stereocenters. The predicted molar refractivity (Wildman–Crippen MR) is 109 cm³/mol. The first kappa shape index (κ1) is 19.2. The van der Waals surface area contributed by atoms with Crippen molar-refractivity contribution in [3.8, 4) is 5.75 Å². The Morgan fingerprint density at radius 2 is 1.78 bits per heavy atom. The highest BCUT2D eigenvalue weighted by molar-refractivity contribution is 6.34. The number of nitrogens with zero attached hydrogens (tertiary/aromatic N) is 1. The second-order valence-corrected chi connectivity index (χ2v) is 6.91. The Kier molecular flexibility index (Phi) is 5.99. The van der Waals surface area contributed by atoms with Crippen LogP contribution >= 0.6 is 23.2 Å². The van der Waals surface area contributed by atoms with Gasteiger partial charge in [-0.3, -0.25) is 9.78 Å². The van der Waals surface area contributed by atoms with E-state index >= 15 is 0 Å². The second-order valence-electron chi connectivity index (χ2n) is 6.07. The Hall–Kier alpha value is -2.56. The molecule has 3 rings (SSSR count). The van der Waals surface area contributed by atoms with E-state index in [2.05, 4.69) is 10.3 Å². The maximum absolute atomic E-state index is 12.9. The highest BCUT2D eigenvalue weighted by atomic mass is 35.5. The maximum Gasteiger partial charge on any atom is 0.261 e. The maximum atomic E-state index is 12.9. The van der Waals surface area contributed by atoms with Crippen LogP contribution in [0.4, 0.5) is 5.69 Å². The quantitative estimate of drug-likeness (QED) is 0.585. The molecule has 6 heteroatoms. The van der Waals surface area contributed by atoms with Crippen LogP contribution in [0.2, 0.25) is 10.0 Å². The number of carbonyl (C=O) groups is 1. The van der Waals surface area contributed by atoms with Gasteiger partial charge in [-0.15, -0.1) is 0 Å². The molecule has 138 valence electrons. The summed E-state index contributed by atoms with van der Waals surface area (Å²) >= 11 is 12.1. The molecule has 0 spiro atoms. The summed E-state index contributed by atoms with van der Waals surface area (Å²) in [6, 6.07) is 16.2. The van der Waals surface area contributed by atoms with Gasteiger partial charge in [0.2, 0.25) is 0 Å². The van der Waals surface area contributed by atoms with Crippen LogP contribution in [0.3, 0.4) is 0 Å². The molecule has 0 atom stereocenters. The lowest BCUT2D eigenvalue weighted by atomic mass is 10.1. The van der Waals surface area contributed by atoms with E-state index in [9.17, 15) is 4.79 Å². The van der Waals surface area contributed by atoms with E-state index in [1.165, 1.54) is 0 Å². The number of benzene rings is 2. The Bertz CT molecular complexity index is 972. The van der Waals surface area contributed by atoms with Gasteiger partial charge in [0.25, 0.3) is 5.91 Å². The largest absolute Gasteiger partial charge is 0.488 e. The van der Waals surface area contributed by atoms with E-state index in [1.807, 2.05) is 19.1 Å². The first-order chi connectivity index (χ1) is 12.9. The van der Waals surface area contributed by atoms with Crippen molar-refractivity contribution < 1.29 is 9.53 Å². The van der Waals surface area contributed by atoms with E-state index in [4.69, 9.17) is 27.9 Å². The molecule has 4 nitrogen and oxygen atoms in total. The average Bonchev–Trinajstić information content (AvgIpc) is 2.62. The number of hydrogen-bond acceptors (Lipinski definition) is 3. The van der Waals surface area contributed by atoms with Crippen molar-refractivity contribution in [2.24, 2.45) is 0 Å². The monoisotopic (exact) mass is 400 g/mol. The number of halogens is 2. The fourth-order valence-electron chi connectivity index (χ4n) is 2.67. The zero-order valence-corrected chi connectivity index (χ0v) is 16.4. The van der Waals surface area contributed by atoms with Crippen LogP contribution < -0.4 is 10.1 Å². The zero-order chi connectivity index (χ0) is 19.4. The number of carbonyl (C=O) groups excluding carboxylic acids is 1. The van der Waals surface area contributed by atoms with Crippen LogP contribution in [-0.4, -0.2) is 10.9 Å². The third-order valence-electron chi connectivity index (χ3n) is 3.95.